The van der Waals surface area contributed by atoms with Gasteiger partial charge in [0.15, 0.2) is 0 Å². The lowest BCUT2D eigenvalue weighted by atomic mass is 10.1. The molecule has 0 spiro atoms. The van der Waals surface area contributed by atoms with Crippen LogP contribution in [0.5, 0.6) is 0 Å². The van der Waals surface area contributed by atoms with Crippen molar-refractivity contribution in [1.82, 2.24) is 4.31 Å². The Morgan fingerprint density at radius 2 is 1.93 bits per heavy atom. The maximum absolute atomic E-state index is 12.2. The van der Waals surface area contributed by atoms with Crippen LogP contribution in [0, 0.1) is 0 Å². The molecule has 1 aliphatic carbocycles. The molecule has 88 valence electrons. The SMILES string of the molecule is CSC1(S(=O)(=O)N2CCC(C)(O)C2)CC1. The van der Waals surface area contributed by atoms with E-state index in [4.69, 9.17) is 0 Å². The summed E-state index contributed by atoms with van der Waals surface area (Å²) < 4.78 is 25.3. The molecule has 0 bridgehead atoms. The zero-order valence-corrected chi connectivity index (χ0v) is 10.7. The third kappa shape index (κ3) is 1.81. The van der Waals surface area contributed by atoms with Crippen molar-refractivity contribution in [2.75, 3.05) is 19.3 Å². The van der Waals surface area contributed by atoms with E-state index in [-0.39, 0.29) is 6.54 Å². The molecule has 1 saturated heterocycles. The highest BCUT2D eigenvalue weighted by Gasteiger charge is 2.58. The fourth-order valence-electron chi connectivity index (χ4n) is 2.01. The van der Waals surface area contributed by atoms with Crippen LogP contribution in [-0.2, 0) is 10.0 Å². The highest BCUT2D eigenvalue weighted by atomic mass is 32.3. The normalized spacial score (nSPS) is 35.7. The average molecular weight is 251 g/mol. The summed E-state index contributed by atoms with van der Waals surface area (Å²) >= 11 is 1.42. The van der Waals surface area contributed by atoms with Crippen molar-refractivity contribution in [3.8, 4) is 0 Å². The van der Waals surface area contributed by atoms with E-state index in [1.165, 1.54) is 16.1 Å². The van der Waals surface area contributed by atoms with Crippen molar-refractivity contribution in [3.05, 3.63) is 0 Å². The zero-order valence-electron chi connectivity index (χ0n) is 9.06. The molecule has 15 heavy (non-hydrogen) atoms. The van der Waals surface area contributed by atoms with E-state index in [1.54, 1.807) is 6.92 Å². The molecule has 6 heteroatoms. The van der Waals surface area contributed by atoms with Crippen molar-refractivity contribution in [2.24, 2.45) is 0 Å². The van der Waals surface area contributed by atoms with Gasteiger partial charge in [-0.3, -0.25) is 0 Å². The lowest BCUT2D eigenvalue weighted by Crippen LogP contribution is -2.39. The summed E-state index contributed by atoms with van der Waals surface area (Å²) in [6, 6.07) is 0. The summed E-state index contributed by atoms with van der Waals surface area (Å²) in [6.45, 7) is 2.40. The standard InChI is InChI=1S/C9H17NO3S2/c1-8(11)5-6-10(7-8)15(12,13)9(14-2)3-4-9/h11H,3-7H2,1-2H3. The Kier molecular flexibility index (Phi) is 2.62. The van der Waals surface area contributed by atoms with Crippen molar-refractivity contribution < 1.29 is 13.5 Å². The van der Waals surface area contributed by atoms with Gasteiger partial charge in [0, 0.05) is 13.1 Å². The minimum atomic E-state index is -3.21. The molecular formula is C9H17NO3S2. The average Bonchev–Trinajstić information content (AvgIpc) is 2.86. The lowest BCUT2D eigenvalue weighted by molar-refractivity contribution is 0.0762. The molecule has 1 N–H and O–H groups in total. The molecule has 0 radical (unpaired) electrons. The molecule has 4 nitrogen and oxygen atoms in total. The van der Waals surface area contributed by atoms with Gasteiger partial charge in [-0.15, -0.1) is 11.8 Å². The second-order valence-electron chi connectivity index (χ2n) is 4.70. The van der Waals surface area contributed by atoms with Crippen LogP contribution in [0.15, 0.2) is 0 Å². The fourth-order valence-corrected chi connectivity index (χ4v) is 5.55. The van der Waals surface area contributed by atoms with Crippen LogP contribution in [0.25, 0.3) is 0 Å². The van der Waals surface area contributed by atoms with Crippen LogP contribution in [0.3, 0.4) is 0 Å². The summed E-state index contributed by atoms with van der Waals surface area (Å²) in [4.78, 5) is 0. The quantitative estimate of drug-likeness (QED) is 0.799. The number of aliphatic hydroxyl groups is 1. The molecule has 0 aromatic carbocycles. The van der Waals surface area contributed by atoms with E-state index >= 15 is 0 Å². The van der Waals surface area contributed by atoms with Gasteiger partial charge in [-0.1, -0.05) is 0 Å². The van der Waals surface area contributed by atoms with Crippen LogP contribution in [0.4, 0.5) is 0 Å². The van der Waals surface area contributed by atoms with Gasteiger partial charge in [0.25, 0.3) is 0 Å². The smallest absolute Gasteiger partial charge is 0.229 e. The van der Waals surface area contributed by atoms with Crippen LogP contribution >= 0.6 is 11.8 Å². The zero-order chi connectivity index (χ0) is 11.3. The largest absolute Gasteiger partial charge is 0.389 e. The minimum Gasteiger partial charge on any atom is -0.389 e. The van der Waals surface area contributed by atoms with Gasteiger partial charge in [0.05, 0.1) is 5.60 Å². The predicted molar refractivity (Wildman–Crippen MR) is 61.2 cm³/mol. The molecule has 1 saturated carbocycles. The topological polar surface area (TPSA) is 57.6 Å². The number of sulfonamides is 1. The summed E-state index contributed by atoms with van der Waals surface area (Å²) in [5.74, 6) is 0. The molecule has 0 aromatic heterocycles. The molecule has 2 fully saturated rings. The lowest BCUT2D eigenvalue weighted by Gasteiger charge is -2.23. The Bertz CT molecular complexity index is 360. The second-order valence-corrected chi connectivity index (χ2v) is 8.40. The first-order chi connectivity index (χ1) is 6.83. The molecule has 2 rings (SSSR count). The molecule has 2 aliphatic rings. The summed E-state index contributed by atoms with van der Waals surface area (Å²) in [5.41, 5.74) is -0.846. The number of thioether (sulfide) groups is 1. The van der Waals surface area contributed by atoms with Crippen molar-refractivity contribution in [2.45, 2.75) is 35.9 Å². The Hall–Kier alpha value is 0.220. The molecular weight excluding hydrogens is 234 g/mol. The van der Waals surface area contributed by atoms with Crippen LogP contribution < -0.4 is 0 Å². The summed E-state index contributed by atoms with van der Waals surface area (Å²) in [6.07, 6.45) is 3.87. The van der Waals surface area contributed by atoms with Crippen LogP contribution in [0.1, 0.15) is 26.2 Å². The first kappa shape index (κ1) is 11.7. The highest BCUT2D eigenvalue weighted by Crippen LogP contribution is 2.53. The molecule has 1 unspecified atom stereocenters. The Morgan fingerprint density at radius 1 is 1.33 bits per heavy atom. The molecule has 0 amide bonds. The van der Waals surface area contributed by atoms with E-state index in [0.717, 1.165) is 12.8 Å². The van der Waals surface area contributed by atoms with Gasteiger partial charge in [-0.25, -0.2) is 8.42 Å². The number of hydrogen-bond acceptors (Lipinski definition) is 4. The summed E-state index contributed by atoms with van der Waals surface area (Å²) in [5, 5.41) is 9.77. The van der Waals surface area contributed by atoms with E-state index in [2.05, 4.69) is 0 Å². The number of β-amino-alcohol motifs (C(OH)–C–C–N with tert-alkyl or cyclic N) is 1. The maximum Gasteiger partial charge on any atom is 0.229 e. The monoisotopic (exact) mass is 251 g/mol. The minimum absolute atomic E-state index is 0.248. The van der Waals surface area contributed by atoms with E-state index in [9.17, 15) is 13.5 Å². The molecule has 1 aliphatic heterocycles. The first-order valence-corrected chi connectivity index (χ1v) is 7.77. The Labute approximate surface area is 95.1 Å². The van der Waals surface area contributed by atoms with Gasteiger partial charge in [-0.05, 0) is 32.4 Å². The Balaban J connectivity index is 2.18. The van der Waals surface area contributed by atoms with E-state index in [0.29, 0.717) is 13.0 Å². The van der Waals surface area contributed by atoms with Gasteiger partial charge in [0.1, 0.15) is 4.08 Å². The number of rotatable bonds is 3. The Morgan fingerprint density at radius 3 is 2.27 bits per heavy atom. The van der Waals surface area contributed by atoms with E-state index in [1.807, 2.05) is 6.26 Å². The maximum atomic E-state index is 12.2. The van der Waals surface area contributed by atoms with Gasteiger partial charge in [0.2, 0.25) is 10.0 Å². The number of hydrogen-bond donors (Lipinski definition) is 1. The molecule has 1 atom stereocenters. The van der Waals surface area contributed by atoms with Gasteiger partial charge < -0.3 is 5.11 Å². The molecule has 0 aromatic rings. The first-order valence-electron chi connectivity index (χ1n) is 5.10. The third-order valence-corrected chi connectivity index (χ3v) is 7.88. The highest BCUT2D eigenvalue weighted by molar-refractivity contribution is 8.14. The van der Waals surface area contributed by atoms with Crippen molar-refractivity contribution in [1.29, 1.82) is 0 Å². The number of nitrogens with zero attached hydrogens (tertiary/aromatic N) is 1. The summed E-state index contributed by atoms with van der Waals surface area (Å²) in [7, 11) is -3.21. The van der Waals surface area contributed by atoms with E-state index < -0.39 is 19.7 Å². The van der Waals surface area contributed by atoms with Gasteiger partial charge >= 0.3 is 0 Å². The predicted octanol–water partition coefficient (Wildman–Crippen LogP) is 0.626. The van der Waals surface area contributed by atoms with Gasteiger partial charge in [-0.2, -0.15) is 4.31 Å². The molecule has 1 heterocycles. The van der Waals surface area contributed by atoms with Crippen LogP contribution in [0.2, 0.25) is 0 Å². The van der Waals surface area contributed by atoms with Crippen molar-refractivity contribution >= 4 is 21.8 Å². The second kappa shape index (κ2) is 3.35. The fraction of sp³-hybridized carbons (Fsp3) is 1.00. The third-order valence-electron chi connectivity index (χ3n) is 3.26. The van der Waals surface area contributed by atoms with Crippen LogP contribution in [-0.4, -0.2) is 46.9 Å². The van der Waals surface area contributed by atoms with Crippen molar-refractivity contribution in [3.63, 3.8) is 0 Å².